The van der Waals surface area contributed by atoms with E-state index in [4.69, 9.17) is 0 Å². The van der Waals surface area contributed by atoms with Crippen LogP contribution >= 0.6 is 0 Å². The van der Waals surface area contributed by atoms with Gasteiger partial charge in [0.05, 0.1) is 11.4 Å². The molecule has 1 aliphatic carbocycles. The van der Waals surface area contributed by atoms with E-state index in [1.165, 1.54) is 82.4 Å². The van der Waals surface area contributed by atoms with Crippen molar-refractivity contribution in [3.63, 3.8) is 0 Å². The van der Waals surface area contributed by atoms with Crippen molar-refractivity contribution >= 4 is 83.3 Å². The van der Waals surface area contributed by atoms with Gasteiger partial charge in [0.1, 0.15) is 0 Å². The molecule has 0 atom stereocenters. The van der Waals surface area contributed by atoms with E-state index >= 15 is 0 Å². The zero-order valence-electron chi connectivity index (χ0n) is 29.5. The number of benzene rings is 9. The highest BCUT2D eigenvalue weighted by Gasteiger charge is 2.24. The first-order valence-electron chi connectivity index (χ1n) is 18.3. The molecule has 248 valence electrons. The zero-order chi connectivity index (χ0) is 34.8. The smallest absolute Gasteiger partial charge is 0.0543 e. The van der Waals surface area contributed by atoms with Crippen LogP contribution in [0.2, 0.25) is 0 Å². The molecule has 0 unspecified atom stereocenters. The van der Waals surface area contributed by atoms with Crippen molar-refractivity contribution in [2.45, 2.75) is 26.7 Å². The van der Waals surface area contributed by atoms with E-state index in [-0.39, 0.29) is 0 Å². The van der Waals surface area contributed by atoms with Crippen LogP contribution in [0.3, 0.4) is 0 Å². The summed E-state index contributed by atoms with van der Waals surface area (Å²) in [4.78, 5) is 4.90. The van der Waals surface area contributed by atoms with Crippen LogP contribution in [0.5, 0.6) is 0 Å². The maximum absolute atomic E-state index is 2.46. The van der Waals surface area contributed by atoms with Crippen molar-refractivity contribution in [2.75, 3.05) is 9.80 Å². The summed E-state index contributed by atoms with van der Waals surface area (Å²) in [7, 11) is 0. The summed E-state index contributed by atoms with van der Waals surface area (Å²) in [6.07, 6.45) is 6.79. The van der Waals surface area contributed by atoms with Gasteiger partial charge in [-0.2, -0.15) is 0 Å². The average Bonchev–Trinajstić information content (AvgIpc) is 3.19. The van der Waals surface area contributed by atoms with Crippen LogP contribution in [0.15, 0.2) is 164 Å². The van der Waals surface area contributed by atoms with Gasteiger partial charge < -0.3 is 9.80 Å². The third-order valence-corrected chi connectivity index (χ3v) is 11.0. The lowest BCUT2D eigenvalue weighted by Gasteiger charge is -2.31. The Labute approximate surface area is 304 Å². The lowest BCUT2D eigenvalue weighted by atomic mass is 9.88. The van der Waals surface area contributed by atoms with Crippen molar-refractivity contribution in [1.29, 1.82) is 0 Å². The quantitative estimate of drug-likeness (QED) is 0.163. The number of nitrogens with zero attached hydrogens (tertiary/aromatic N) is 2. The molecular formula is C50H38N2. The standard InChI is InChI=1S/C50H38N2/c1-33-29-47(51(39-17-5-3-6-18-39)41-23-21-35-13-9-11-15-37(35)31-41)45-28-26-44-34(2)30-48(46-27-25-43(33)49(45)50(44)46)52(40-19-7-4-8-20-40)42-24-22-36-14-10-12-16-38(36)32-42/h3-9,11-13,15-32H,10,14H2,1-2H3. The van der Waals surface area contributed by atoms with E-state index in [1.54, 1.807) is 0 Å². The van der Waals surface area contributed by atoms with E-state index in [1.807, 2.05) is 0 Å². The molecule has 0 bridgehead atoms. The Morgan fingerprint density at radius 1 is 0.423 bits per heavy atom. The first kappa shape index (κ1) is 30.4. The zero-order valence-corrected chi connectivity index (χ0v) is 29.5. The van der Waals surface area contributed by atoms with Gasteiger partial charge in [0.25, 0.3) is 0 Å². The Bertz CT molecular complexity index is 2810. The maximum Gasteiger partial charge on any atom is 0.0543 e. The number of allylic oxidation sites excluding steroid dienone is 1. The van der Waals surface area contributed by atoms with Crippen LogP contribution in [0, 0.1) is 13.8 Å². The van der Waals surface area contributed by atoms with Crippen LogP contribution < -0.4 is 9.80 Å². The molecule has 9 aromatic carbocycles. The number of fused-ring (bicyclic) bond motifs is 2. The van der Waals surface area contributed by atoms with Crippen molar-refractivity contribution in [3.8, 4) is 0 Å². The summed E-state index contributed by atoms with van der Waals surface area (Å²) in [6.45, 7) is 4.54. The molecule has 0 spiro atoms. The van der Waals surface area contributed by atoms with E-state index in [2.05, 4.69) is 194 Å². The van der Waals surface area contributed by atoms with Crippen molar-refractivity contribution in [1.82, 2.24) is 0 Å². The minimum Gasteiger partial charge on any atom is -0.310 e. The van der Waals surface area contributed by atoms with Crippen LogP contribution in [0.25, 0.3) is 49.2 Å². The minimum absolute atomic E-state index is 1.09. The van der Waals surface area contributed by atoms with Gasteiger partial charge >= 0.3 is 0 Å². The minimum atomic E-state index is 1.09. The molecule has 0 radical (unpaired) electrons. The van der Waals surface area contributed by atoms with Gasteiger partial charge in [-0.25, -0.2) is 0 Å². The molecule has 9 aromatic rings. The summed E-state index contributed by atoms with van der Waals surface area (Å²) in [5, 5.41) is 10.2. The predicted molar refractivity (Wildman–Crippen MR) is 224 cm³/mol. The number of hydrogen-bond donors (Lipinski definition) is 0. The van der Waals surface area contributed by atoms with Gasteiger partial charge in [0.2, 0.25) is 0 Å². The van der Waals surface area contributed by atoms with E-state index in [9.17, 15) is 0 Å². The summed E-state index contributed by atoms with van der Waals surface area (Å²) in [5.41, 5.74) is 12.3. The molecule has 0 aromatic heterocycles. The number of rotatable bonds is 6. The molecule has 0 amide bonds. The molecule has 1 aliphatic rings. The lowest BCUT2D eigenvalue weighted by molar-refractivity contribution is 0.985. The second kappa shape index (κ2) is 12.1. The summed E-state index contributed by atoms with van der Waals surface area (Å²) in [5.74, 6) is 0. The first-order valence-corrected chi connectivity index (χ1v) is 18.3. The molecule has 0 saturated carbocycles. The van der Waals surface area contributed by atoms with Crippen LogP contribution in [-0.4, -0.2) is 0 Å². The fraction of sp³-hybridized carbons (Fsp3) is 0.0800. The molecule has 0 saturated heterocycles. The van der Waals surface area contributed by atoms with Gasteiger partial charge in [-0.1, -0.05) is 109 Å². The topological polar surface area (TPSA) is 6.48 Å². The fourth-order valence-corrected chi connectivity index (χ4v) is 8.55. The van der Waals surface area contributed by atoms with Crippen LogP contribution in [-0.2, 0) is 6.42 Å². The highest BCUT2D eigenvalue weighted by atomic mass is 15.1. The second-order valence-electron chi connectivity index (χ2n) is 14.2. The summed E-state index contributed by atoms with van der Waals surface area (Å²) < 4.78 is 0. The normalized spacial score (nSPS) is 12.6. The maximum atomic E-state index is 2.46. The van der Waals surface area contributed by atoms with Gasteiger partial charge in [0.15, 0.2) is 0 Å². The Balaban J connectivity index is 1.26. The highest BCUT2D eigenvalue weighted by molar-refractivity contribution is 6.29. The Hall–Kier alpha value is -6.38. The molecule has 52 heavy (non-hydrogen) atoms. The van der Waals surface area contributed by atoms with Gasteiger partial charge in [0, 0.05) is 33.5 Å². The van der Waals surface area contributed by atoms with Gasteiger partial charge in [-0.3, -0.25) is 0 Å². The molecular weight excluding hydrogens is 629 g/mol. The SMILES string of the molecule is Cc1cc(N(c2ccccc2)c2ccc3c(c2)C=CCC3)c2ccc3c(C)cc(N(c4ccccc4)c4ccc5ccccc5c4)c4ccc1c2c34. The largest absolute Gasteiger partial charge is 0.310 e. The lowest BCUT2D eigenvalue weighted by Crippen LogP contribution is -2.12. The van der Waals surface area contributed by atoms with Crippen molar-refractivity contribution in [3.05, 3.63) is 186 Å². The van der Waals surface area contributed by atoms with Gasteiger partial charge in [-0.05, 0) is 142 Å². The third-order valence-electron chi connectivity index (χ3n) is 11.0. The van der Waals surface area contributed by atoms with E-state index in [0.717, 1.165) is 29.9 Å². The predicted octanol–water partition coefficient (Wildman–Crippen LogP) is 14.3. The number of para-hydroxylation sites is 2. The number of anilines is 6. The molecule has 0 fully saturated rings. The highest BCUT2D eigenvalue weighted by Crippen LogP contribution is 2.49. The number of aryl methyl sites for hydroxylation is 3. The fourth-order valence-electron chi connectivity index (χ4n) is 8.55. The molecule has 0 aliphatic heterocycles. The Kier molecular flexibility index (Phi) is 7.11. The van der Waals surface area contributed by atoms with Crippen LogP contribution in [0.1, 0.15) is 28.7 Å². The first-order chi connectivity index (χ1) is 25.6. The third kappa shape index (κ3) is 4.86. The summed E-state index contributed by atoms with van der Waals surface area (Å²) in [6, 6.07) is 58.3. The molecule has 10 rings (SSSR count). The Morgan fingerprint density at radius 2 is 0.942 bits per heavy atom. The van der Waals surface area contributed by atoms with Crippen LogP contribution in [0.4, 0.5) is 34.1 Å². The molecule has 2 nitrogen and oxygen atoms in total. The monoisotopic (exact) mass is 666 g/mol. The summed E-state index contributed by atoms with van der Waals surface area (Å²) >= 11 is 0. The second-order valence-corrected chi connectivity index (χ2v) is 14.2. The van der Waals surface area contributed by atoms with Crippen molar-refractivity contribution < 1.29 is 0 Å². The molecule has 0 N–H and O–H groups in total. The van der Waals surface area contributed by atoms with Gasteiger partial charge in [-0.15, -0.1) is 0 Å². The number of hydrogen-bond acceptors (Lipinski definition) is 2. The molecule has 0 heterocycles. The van der Waals surface area contributed by atoms with Crippen molar-refractivity contribution in [2.24, 2.45) is 0 Å². The average molecular weight is 667 g/mol. The van der Waals surface area contributed by atoms with E-state index in [0.29, 0.717) is 0 Å². The van der Waals surface area contributed by atoms with E-state index < -0.39 is 0 Å². The molecule has 2 heteroatoms. The Morgan fingerprint density at radius 3 is 1.56 bits per heavy atom.